The van der Waals surface area contributed by atoms with E-state index >= 15 is 0 Å². The molecule has 0 bridgehead atoms. The van der Waals surface area contributed by atoms with Crippen molar-refractivity contribution in [2.24, 2.45) is 11.5 Å². The SMILES string of the molecule is Cl.NCCC[C@H](N)c1ccccc1Br. The third-order valence-electron chi connectivity index (χ3n) is 2.02. The highest BCUT2D eigenvalue weighted by Gasteiger charge is 2.07. The van der Waals surface area contributed by atoms with Crippen LogP contribution in [0.1, 0.15) is 24.4 Å². The monoisotopic (exact) mass is 278 g/mol. The molecule has 0 aromatic heterocycles. The Labute approximate surface area is 99.6 Å². The van der Waals surface area contributed by atoms with Crippen molar-refractivity contribution in [2.45, 2.75) is 18.9 Å². The van der Waals surface area contributed by atoms with Crippen molar-refractivity contribution in [1.82, 2.24) is 0 Å². The lowest BCUT2D eigenvalue weighted by Crippen LogP contribution is -2.12. The first-order valence-electron chi connectivity index (χ1n) is 4.45. The highest BCUT2D eigenvalue weighted by molar-refractivity contribution is 9.10. The van der Waals surface area contributed by atoms with Crippen LogP contribution in [0.3, 0.4) is 0 Å². The van der Waals surface area contributed by atoms with Crippen molar-refractivity contribution in [2.75, 3.05) is 6.54 Å². The molecule has 1 atom stereocenters. The molecular formula is C10H16BrClN2. The lowest BCUT2D eigenvalue weighted by molar-refractivity contribution is 0.616. The molecule has 1 aromatic carbocycles. The molecule has 0 aliphatic heterocycles. The van der Waals surface area contributed by atoms with Gasteiger partial charge in [0.1, 0.15) is 0 Å². The molecule has 0 aliphatic rings. The van der Waals surface area contributed by atoms with Crippen LogP contribution in [0.4, 0.5) is 0 Å². The van der Waals surface area contributed by atoms with Crippen molar-refractivity contribution in [3.05, 3.63) is 34.3 Å². The molecule has 1 rings (SSSR count). The van der Waals surface area contributed by atoms with Gasteiger partial charge in [-0.15, -0.1) is 12.4 Å². The fraction of sp³-hybridized carbons (Fsp3) is 0.400. The summed E-state index contributed by atoms with van der Waals surface area (Å²) in [5.74, 6) is 0. The van der Waals surface area contributed by atoms with Crippen LogP contribution in [0.15, 0.2) is 28.7 Å². The van der Waals surface area contributed by atoms with E-state index < -0.39 is 0 Å². The quantitative estimate of drug-likeness (QED) is 0.890. The van der Waals surface area contributed by atoms with E-state index in [0.29, 0.717) is 6.54 Å². The molecule has 4 heteroatoms. The van der Waals surface area contributed by atoms with Gasteiger partial charge in [-0.1, -0.05) is 34.1 Å². The fourth-order valence-corrected chi connectivity index (χ4v) is 1.85. The number of halogens is 2. The Hall–Kier alpha value is -0.0900. The van der Waals surface area contributed by atoms with Crippen molar-refractivity contribution in [3.63, 3.8) is 0 Å². The molecule has 1 aromatic rings. The minimum absolute atomic E-state index is 0. The van der Waals surface area contributed by atoms with Crippen LogP contribution in [0.5, 0.6) is 0 Å². The van der Waals surface area contributed by atoms with E-state index in [-0.39, 0.29) is 18.4 Å². The minimum Gasteiger partial charge on any atom is -0.330 e. The van der Waals surface area contributed by atoms with E-state index in [4.69, 9.17) is 11.5 Å². The van der Waals surface area contributed by atoms with Crippen LogP contribution < -0.4 is 11.5 Å². The maximum absolute atomic E-state index is 6.00. The first-order valence-corrected chi connectivity index (χ1v) is 5.25. The molecule has 0 saturated carbocycles. The van der Waals surface area contributed by atoms with Gasteiger partial charge in [-0.3, -0.25) is 0 Å². The standard InChI is InChI=1S/C10H15BrN2.ClH/c11-9-5-2-1-4-8(9)10(13)6-3-7-12;/h1-2,4-5,10H,3,6-7,12-13H2;1H/t10-;/m0./s1. The summed E-state index contributed by atoms with van der Waals surface area (Å²) in [6, 6.07) is 8.15. The van der Waals surface area contributed by atoms with Gasteiger partial charge < -0.3 is 11.5 Å². The number of benzene rings is 1. The molecular weight excluding hydrogens is 263 g/mol. The molecule has 0 amide bonds. The number of hydrogen-bond donors (Lipinski definition) is 2. The zero-order valence-electron chi connectivity index (χ0n) is 7.95. The molecule has 0 heterocycles. The zero-order valence-corrected chi connectivity index (χ0v) is 10.4. The van der Waals surface area contributed by atoms with E-state index in [1.807, 2.05) is 24.3 Å². The summed E-state index contributed by atoms with van der Waals surface area (Å²) in [6.45, 7) is 0.707. The normalized spacial score (nSPS) is 11.9. The first kappa shape index (κ1) is 13.9. The van der Waals surface area contributed by atoms with Gasteiger partial charge in [-0.25, -0.2) is 0 Å². The zero-order chi connectivity index (χ0) is 9.68. The lowest BCUT2D eigenvalue weighted by Gasteiger charge is -2.12. The molecule has 0 saturated heterocycles. The van der Waals surface area contributed by atoms with Gasteiger partial charge in [0.2, 0.25) is 0 Å². The van der Waals surface area contributed by atoms with Crippen molar-refractivity contribution < 1.29 is 0 Å². The predicted octanol–water partition coefficient (Wildman–Crippen LogP) is 2.61. The van der Waals surface area contributed by atoms with Crippen LogP contribution in [0, 0.1) is 0 Å². The van der Waals surface area contributed by atoms with Gasteiger partial charge in [0.25, 0.3) is 0 Å². The Morgan fingerprint density at radius 3 is 2.50 bits per heavy atom. The van der Waals surface area contributed by atoms with E-state index in [1.165, 1.54) is 0 Å². The van der Waals surface area contributed by atoms with E-state index in [2.05, 4.69) is 15.9 Å². The Morgan fingerprint density at radius 2 is 1.93 bits per heavy atom. The summed E-state index contributed by atoms with van der Waals surface area (Å²) in [5, 5.41) is 0. The second-order valence-corrected chi connectivity index (χ2v) is 3.91. The van der Waals surface area contributed by atoms with Crippen LogP contribution in [-0.4, -0.2) is 6.54 Å². The molecule has 0 aliphatic carbocycles. The van der Waals surface area contributed by atoms with Gasteiger partial charge >= 0.3 is 0 Å². The summed E-state index contributed by atoms with van der Waals surface area (Å²) in [6.07, 6.45) is 1.92. The molecule has 4 N–H and O–H groups in total. The molecule has 80 valence electrons. The van der Waals surface area contributed by atoms with Gasteiger partial charge in [0, 0.05) is 10.5 Å². The maximum Gasteiger partial charge on any atom is 0.0306 e. The van der Waals surface area contributed by atoms with Gasteiger partial charge in [0.05, 0.1) is 0 Å². The fourth-order valence-electron chi connectivity index (χ4n) is 1.27. The average Bonchev–Trinajstić information content (AvgIpc) is 2.15. The predicted molar refractivity (Wildman–Crippen MR) is 66.6 cm³/mol. The maximum atomic E-state index is 6.00. The van der Waals surface area contributed by atoms with E-state index in [9.17, 15) is 0 Å². The number of hydrogen-bond acceptors (Lipinski definition) is 2. The van der Waals surface area contributed by atoms with Crippen LogP contribution in [0.2, 0.25) is 0 Å². The Bertz CT molecular complexity index is 268. The average molecular weight is 280 g/mol. The summed E-state index contributed by atoms with van der Waals surface area (Å²) in [4.78, 5) is 0. The molecule has 2 nitrogen and oxygen atoms in total. The van der Waals surface area contributed by atoms with Crippen molar-refractivity contribution in [1.29, 1.82) is 0 Å². The Morgan fingerprint density at radius 1 is 1.29 bits per heavy atom. The molecule has 0 radical (unpaired) electrons. The second kappa shape index (κ2) is 7.23. The number of rotatable bonds is 4. The molecule has 0 unspecified atom stereocenters. The topological polar surface area (TPSA) is 52.0 Å². The Balaban J connectivity index is 0.00000169. The van der Waals surface area contributed by atoms with Crippen LogP contribution in [-0.2, 0) is 0 Å². The van der Waals surface area contributed by atoms with Gasteiger partial charge in [-0.05, 0) is 31.0 Å². The lowest BCUT2D eigenvalue weighted by atomic mass is 10.0. The summed E-state index contributed by atoms with van der Waals surface area (Å²) < 4.78 is 1.08. The van der Waals surface area contributed by atoms with Crippen LogP contribution in [0.25, 0.3) is 0 Å². The number of nitrogens with two attached hydrogens (primary N) is 2. The van der Waals surface area contributed by atoms with Gasteiger partial charge in [-0.2, -0.15) is 0 Å². The first-order chi connectivity index (χ1) is 6.25. The van der Waals surface area contributed by atoms with Gasteiger partial charge in [0.15, 0.2) is 0 Å². The highest BCUT2D eigenvalue weighted by Crippen LogP contribution is 2.23. The molecule has 0 fully saturated rings. The highest BCUT2D eigenvalue weighted by atomic mass is 79.9. The Kier molecular flexibility index (Phi) is 7.19. The van der Waals surface area contributed by atoms with Crippen LogP contribution >= 0.6 is 28.3 Å². The largest absolute Gasteiger partial charge is 0.330 e. The third kappa shape index (κ3) is 3.96. The molecule has 14 heavy (non-hydrogen) atoms. The summed E-state index contributed by atoms with van der Waals surface area (Å²) in [7, 11) is 0. The minimum atomic E-state index is 0. The van der Waals surface area contributed by atoms with E-state index in [1.54, 1.807) is 0 Å². The molecule has 0 spiro atoms. The summed E-state index contributed by atoms with van der Waals surface area (Å²) >= 11 is 3.48. The third-order valence-corrected chi connectivity index (χ3v) is 2.75. The second-order valence-electron chi connectivity index (χ2n) is 3.06. The summed E-state index contributed by atoms with van der Waals surface area (Å²) in [5.41, 5.74) is 12.6. The van der Waals surface area contributed by atoms with Crippen molar-refractivity contribution >= 4 is 28.3 Å². The van der Waals surface area contributed by atoms with E-state index in [0.717, 1.165) is 22.9 Å². The smallest absolute Gasteiger partial charge is 0.0306 e. The van der Waals surface area contributed by atoms with Crippen molar-refractivity contribution in [3.8, 4) is 0 Å².